The van der Waals surface area contributed by atoms with Gasteiger partial charge in [0, 0.05) is 49.4 Å². The highest BCUT2D eigenvalue weighted by Gasteiger charge is 2.41. The minimum Gasteiger partial charge on any atom is -0.497 e. The SMILES string of the molecule is COc1ccc(-c2cc(C3CN4CCC3CC4CNC(=O)NC(C)C)n(C)n2)cc1. The first-order valence-corrected chi connectivity index (χ1v) is 10.9. The first-order valence-electron chi connectivity index (χ1n) is 10.9. The number of hydrogen-bond acceptors (Lipinski definition) is 4. The van der Waals surface area contributed by atoms with Gasteiger partial charge in [-0.15, -0.1) is 0 Å². The van der Waals surface area contributed by atoms with Crippen molar-refractivity contribution in [1.29, 1.82) is 0 Å². The predicted molar refractivity (Wildman–Crippen MR) is 118 cm³/mol. The number of urea groups is 1. The molecule has 0 radical (unpaired) electrons. The molecule has 7 nitrogen and oxygen atoms in total. The summed E-state index contributed by atoms with van der Waals surface area (Å²) in [6.45, 7) is 6.81. The van der Waals surface area contributed by atoms with Crippen LogP contribution in [0.25, 0.3) is 11.3 Å². The summed E-state index contributed by atoms with van der Waals surface area (Å²) >= 11 is 0. The van der Waals surface area contributed by atoms with Crippen molar-refractivity contribution in [3.8, 4) is 17.0 Å². The minimum atomic E-state index is -0.0695. The summed E-state index contributed by atoms with van der Waals surface area (Å²) in [6.07, 6.45) is 2.33. The van der Waals surface area contributed by atoms with Gasteiger partial charge in [0.1, 0.15) is 5.75 Å². The molecule has 30 heavy (non-hydrogen) atoms. The Morgan fingerprint density at radius 2 is 2.07 bits per heavy atom. The van der Waals surface area contributed by atoms with Crippen LogP contribution in [0.4, 0.5) is 4.79 Å². The highest BCUT2D eigenvalue weighted by Crippen LogP contribution is 2.42. The maximum atomic E-state index is 12.0. The lowest BCUT2D eigenvalue weighted by Gasteiger charge is -2.49. The van der Waals surface area contributed by atoms with Gasteiger partial charge in [-0.25, -0.2) is 4.79 Å². The summed E-state index contributed by atoms with van der Waals surface area (Å²) in [4.78, 5) is 14.5. The van der Waals surface area contributed by atoms with Crippen molar-refractivity contribution in [2.45, 2.75) is 44.7 Å². The Morgan fingerprint density at radius 3 is 2.70 bits per heavy atom. The van der Waals surface area contributed by atoms with Crippen LogP contribution in [0.3, 0.4) is 0 Å². The third kappa shape index (κ3) is 4.31. The third-order valence-corrected chi connectivity index (χ3v) is 6.48. The molecule has 0 spiro atoms. The standard InChI is InChI=1S/C23H33N5O2/c1-15(2)25-23(29)24-13-18-11-17-9-10-28(18)14-20(17)22-12-21(26-27(22)3)16-5-7-19(30-4)8-6-16/h5-8,12,15,17-18,20H,9-11,13-14H2,1-4H3,(H2,24,25,29). The smallest absolute Gasteiger partial charge is 0.315 e. The number of nitrogens with one attached hydrogen (secondary N) is 2. The van der Waals surface area contributed by atoms with Gasteiger partial charge in [0.15, 0.2) is 0 Å². The molecule has 5 rings (SSSR count). The number of aryl methyl sites for hydroxylation is 1. The maximum absolute atomic E-state index is 12.0. The van der Waals surface area contributed by atoms with Crippen LogP contribution in [0.2, 0.25) is 0 Å². The number of amides is 2. The molecule has 3 fully saturated rings. The summed E-state index contributed by atoms with van der Waals surface area (Å²) < 4.78 is 7.32. The molecule has 3 saturated heterocycles. The quantitative estimate of drug-likeness (QED) is 0.767. The Kier molecular flexibility index (Phi) is 5.99. The van der Waals surface area contributed by atoms with Gasteiger partial charge >= 0.3 is 6.03 Å². The van der Waals surface area contributed by atoms with E-state index in [1.807, 2.05) is 26.0 Å². The fraction of sp³-hybridized carbons (Fsp3) is 0.565. The molecule has 4 unspecified atom stereocenters. The molecule has 3 aliphatic rings. The summed E-state index contributed by atoms with van der Waals surface area (Å²) in [5.74, 6) is 1.98. The van der Waals surface area contributed by atoms with Crippen LogP contribution in [-0.4, -0.2) is 59.5 Å². The third-order valence-electron chi connectivity index (χ3n) is 6.48. The lowest BCUT2D eigenvalue weighted by molar-refractivity contribution is 0.0294. The molecule has 2 amide bonds. The van der Waals surface area contributed by atoms with Crippen LogP contribution < -0.4 is 15.4 Å². The van der Waals surface area contributed by atoms with Crippen molar-refractivity contribution < 1.29 is 9.53 Å². The molecule has 1 aromatic carbocycles. The number of benzene rings is 1. The number of carbonyl (C=O) groups is 1. The number of ether oxygens (including phenoxy) is 1. The van der Waals surface area contributed by atoms with E-state index >= 15 is 0 Å². The Bertz CT molecular complexity index is 876. The van der Waals surface area contributed by atoms with Crippen LogP contribution in [0.5, 0.6) is 5.75 Å². The zero-order valence-electron chi connectivity index (χ0n) is 18.4. The van der Waals surface area contributed by atoms with E-state index in [0.717, 1.165) is 36.5 Å². The lowest BCUT2D eigenvalue weighted by atomic mass is 9.74. The van der Waals surface area contributed by atoms with Crippen molar-refractivity contribution in [3.05, 3.63) is 36.0 Å². The molecule has 1 aromatic heterocycles. The lowest BCUT2D eigenvalue weighted by Crippen LogP contribution is -2.57. The number of rotatable bonds is 6. The highest BCUT2D eigenvalue weighted by molar-refractivity contribution is 5.74. The number of carbonyl (C=O) groups excluding carboxylic acids is 1. The monoisotopic (exact) mass is 411 g/mol. The number of piperidine rings is 3. The van der Waals surface area contributed by atoms with E-state index in [2.05, 4.69) is 45.5 Å². The van der Waals surface area contributed by atoms with E-state index in [0.29, 0.717) is 24.4 Å². The summed E-state index contributed by atoms with van der Waals surface area (Å²) in [7, 11) is 3.73. The Morgan fingerprint density at radius 1 is 1.30 bits per heavy atom. The van der Waals surface area contributed by atoms with E-state index in [1.165, 1.54) is 12.1 Å². The highest BCUT2D eigenvalue weighted by atomic mass is 16.5. The molecule has 0 aliphatic carbocycles. The van der Waals surface area contributed by atoms with E-state index in [9.17, 15) is 4.79 Å². The Hall–Kier alpha value is -2.54. The van der Waals surface area contributed by atoms with E-state index in [4.69, 9.17) is 9.84 Å². The zero-order chi connectivity index (χ0) is 21.3. The van der Waals surface area contributed by atoms with Crippen LogP contribution in [0, 0.1) is 5.92 Å². The van der Waals surface area contributed by atoms with Gasteiger partial charge in [0.2, 0.25) is 0 Å². The van der Waals surface area contributed by atoms with Gasteiger partial charge in [-0.2, -0.15) is 5.10 Å². The molecule has 2 bridgehead atoms. The van der Waals surface area contributed by atoms with Crippen molar-refractivity contribution >= 4 is 6.03 Å². The van der Waals surface area contributed by atoms with Gasteiger partial charge in [0.25, 0.3) is 0 Å². The second kappa shape index (κ2) is 8.68. The van der Waals surface area contributed by atoms with Crippen LogP contribution in [-0.2, 0) is 7.05 Å². The number of hydrogen-bond donors (Lipinski definition) is 2. The molecular weight excluding hydrogens is 378 g/mol. The average molecular weight is 412 g/mol. The van der Waals surface area contributed by atoms with Crippen molar-refractivity contribution in [1.82, 2.24) is 25.3 Å². The van der Waals surface area contributed by atoms with Gasteiger partial charge in [-0.05, 0) is 69.5 Å². The first-order chi connectivity index (χ1) is 14.4. The van der Waals surface area contributed by atoms with E-state index in [-0.39, 0.29) is 12.1 Å². The normalized spacial score (nSPS) is 25.4. The van der Waals surface area contributed by atoms with Gasteiger partial charge in [-0.3, -0.25) is 9.58 Å². The minimum absolute atomic E-state index is 0.0695. The second-order valence-electron chi connectivity index (χ2n) is 8.86. The van der Waals surface area contributed by atoms with E-state index in [1.54, 1.807) is 7.11 Å². The van der Waals surface area contributed by atoms with Gasteiger partial charge in [-0.1, -0.05) is 0 Å². The molecule has 7 heteroatoms. The molecule has 2 aromatic rings. The van der Waals surface area contributed by atoms with Crippen molar-refractivity contribution in [2.24, 2.45) is 13.0 Å². The summed E-state index contributed by atoms with van der Waals surface area (Å²) in [6, 6.07) is 10.8. The van der Waals surface area contributed by atoms with Crippen LogP contribution >= 0.6 is 0 Å². The van der Waals surface area contributed by atoms with Crippen LogP contribution in [0.15, 0.2) is 30.3 Å². The van der Waals surface area contributed by atoms with Gasteiger partial charge in [0.05, 0.1) is 12.8 Å². The molecule has 2 N–H and O–H groups in total. The topological polar surface area (TPSA) is 71.4 Å². The molecule has 4 atom stereocenters. The molecular formula is C23H33N5O2. The predicted octanol–water partition coefficient (Wildman–Crippen LogP) is 2.98. The fourth-order valence-electron chi connectivity index (χ4n) is 4.94. The first kappa shape index (κ1) is 20.7. The molecule has 162 valence electrons. The number of nitrogens with zero attached hydrogens (tertiary/aromatic N) is 3. The average Bonchev–Trinajstić information content (AvgIpc) is 3.13. The Balaban J connectivity index is 1.43. The van der Waals surface area contributed by atoms with Crippen molar-refractivity contribution in [2.75, 3.05) is 26.7 Å². The van der Waals surface area contributed by atoms with Gasteiger partial charge < -0.3 is 15.4 Å². The maximum Gasteiger partial charge on any atom is 0.315 e. The summed E-state index contributed by atoms with van der Waals surface area (Å²) in [5, 5.41) is 10.7. The zero-order valence-corrected chi connectivity index (χ0v) is 18.4. The van der Waals surface area contributed by atoms with Crippen LogP contribution in [0.1, 0.15) is 38.3 Å². The summed E-state index contributed by atoms with van der Waals surface area (Å²) in [5.41, 5.74) is 3.42. The molecule has 0 saturated carbocycles. The van der Waals surface area contributed by atoms with Crippen molar-refractivity contribution in [3.63, 3.8) is 0 Å². The number of fused-ring (bicyclic) bond motifs is 3. The fourth-order valence-corrected chi connectivity index (χ4v) is 4.94. The molecule has 3 aliphatic heterocycles. The number of methoxy groups -OCH3 is 1. The molecule has 4 heterocycles. The van der Waals surface area contributed by atoms with E-state index < -0.39 is 0 Å². The Labute approximate surface area is 178 Å². The largest absolute Gasteiger partial charge is 0.497 e. The second-order valence-corrected chi connectivity index (χ2v) is 8.86. The number of aromatic nitrogens is 2.